The van der Waals surface area contributed by atoms with E-state index >= 15 is 0 Å². The summed E-state index contributed by atoms with van der Waals surface area (Å²) in [5, 5.41) is 11.5. The van der Waals surface area contributed by atoms with Crippen LogP contribution in [-0.4, -0.2) is 38.6 Å². The number of benzene rings is 1. The molecule has 0 fully saturated rings. The van der Waals surface area contributed by atoms with E-state index in [1.807, 2.05) is 6.92 Å². The number of hydrogen-bond donors (Lipinski definition) is 3. The summed E-state index contributed by atoms with van der Waals surface area (Å²) in [6.45, 7) is 3.51. The Labute approximate surface area is 125 Å². The molecule has 0 bridgehead atoms. The average Bonchev–Trinajstić information content (AvgIpc) is 2.46. The first kappa shape index (κ1) is 17.6. The predicted molar refractivity (Wildman–Crippen MR) is 80.6 cm³/mol. The fourth-order valence-electron chi connectivity index (χ4n) is 1.86. The summed E-state index contributed by atoms with van der Waals surface area (Å²) in [6, 6.07) is 5.70. The molecule has 6 nitrogen and oxygen atoms in total. The van der Waals surface area contributed by atoms with Crippen LogP contribution in [-0.2, 0) is 10.0 Å². The molecule has 0 aliphatic heterocycles. The van der Waals surface area contributed by atoms with Gasteiger partial charge in [0.25, 0.3) is 5.91 Å². The first-order valence-electron chi connectivity index (χ1n) is 6.75. The number of carbonyl (C=O) groups is 1. The van der Waals surface area contributed by atoms with Gasteiger partial charge in [-0.15, -0.1) is 0 Å². The Hall–Kier alpha value is -1.44. The lowest BCUT2D eigenvalue weighted by molar-refractivity contribution is 0.0963. The number of sulfonamides is 1. The van der Waals surface area contributed by atoms with Crippen molar-refractivity contribution >= 4 is 15.9 Å². The van der Waals surface area contributed by atoms with E-state index in [0.717, 1.165) is 0 Å². The van der Waals surface area contributed by atoms with Gasteiger partial charge in [-0.1, -0.05) is 6.92 Å². The third kappa shape index (κ3) is 4.52. The molecule has 0 radical (unpaired) electrons. The third-order valence-corrected chi connectivity index (χ3v) is 5.13. The van der Waals surface area contributed by atoms with Gasteiger partial charge >= 0.3 is 0 Å². The molecule has 1 amide bonds. The van der Waals surface area contributed by atoms with Crippen molar-refractivity contribution in [1.29, 1.82) is 0 Å². The Kier molecular flexibility index (Phi) is 5.88. The molecule has 0 spiro atoms. The molecule has 21 heavy (non-hydrogen) atoms. The average molecular weight is 314 g/mol. The van der Waals surface area contributed by atoms with Crippen molar-refractivity contribution in [3.8, 4) is 0 Å². The molecular weight excluding hydrogens is 292 g/mol. The summed E-state index contributed by atoms with van der Waals surface area (Å²) in [4.78, 5) is 11.5. The number of aliphatic hydroxyl groups is 1. The zero-order chi connectivity index (χ0) is 16.1. The van der Waals surface area contributed by atoms with Gasteiger partial charge in [-0.25, -0.2) is 13.1 Å². The molecule has 0 heterocycles. The first-order valence-corrected chi connectivity index (χ1v) is 8.23. The van der Waals surface area contributed by atoms with Crippen LogP contribution in [0.25, 0.3) is 0 Å². The van der Waals surface area contributed by atoms with Crippen LogP contribution < -0.4 is 10.0 Å². The van der Waals surface area contributed by atoms with Crippen LogP contribution in [0, 0.1) is 0 Å². The van der Waals surface area contributed by atoms with Gasteiger partial charge in [0.15, 0.2) is 0 Å². The van der Waals surface area contributed by atoms with Crippen LogP contribution in [0.5, 0.6) is 0 Å². The molecule has 1 aromatic carbocycles. The number of amides is 1. The minimum Gasteiger partial charge on any atom is -0.396 e. The van der Waals surface area contributed by atoms with E-state index in [1.165, 1.54) is 31.3 Å². The molecule has 0 aliphatic carbocycles. The van der Waals surface area contributed by atoms with Gasteiger partial charge < -0.3 is 10.4 Å². The maximum Gasteiger partial charge on any atom is 0.251 e. The predicted octanol–water partition coefficient (Wildman–Crippen LogP) is 0.876. The Morgan fingerprint density at radius 1 is 1.29 bits per heavy atom. The second kappa shape index (κ2) is 7.02. The minimum absolute atomic E-state index is 0.0905. The lowest BCUT2D eigenvalue weighted by Crippen LogP contribution is -2.46. The summed E-state index contributed by atoms with van der Waals surface area (Å²) in [5.74, 6) is -0.273. The second-order valence-electron chi connectivity index (χ2n) is 5.10. The number of rotatable bonds is 7. The van der Waals surface area contributed by atoms with Crippen LogP contribution in [0.1, 0.15) is 37.0 Å². The molecule has 1 atom stereocenters. The molecular formula is C14H22N2O4S. The summed E-state index contributed by atoms with van der Waals surface area (Å²) < 4.78 is 27.3. The quantitative estimate of drug-likeness (QED) is 0.696. The third-order valence-electron chi connectivity index (χ3n) is 3.48. The normalized spacial score (nSPS) is 14.5. The van der Waals surface area contributed by atoms with Crippen molar-refractivity contribution in [3.05, 3.63) is 29.8 Å². The van der Waals surface area contributed by atoms with E-state index in [9.17, 15) is 13.2 Å². The summed E-state index contributed by atoms with van der Waals surface area (Å²) in [6.07, 6.45) is 0.891. The Balaban J connectivity index is 3.00. The Morgan fingerprint density at radius 3 is 2.29 bits per heavy atom. The minimum atomic E-state index is -3.69. The molecule has 7 heteroatoms. The highest BCUT2D eigenvalue weighted by molar-refractivity contribution is 7.89. The van der Waals surface area contributed by atoms with Gasteiger partial charge in [0, 0.05) is 24.8 Å². The maximum atomic E-state index is 12.3. The van der Waals surface area contributed by atoms with Crippen LogP contribution in [0.3, 0.4) is 0 Å². The molecule has 0 aromatic heterocycles. The SMILES string of the molecule is CCC(C)(CCO)NS(=O)(=O)c1ccc(C(=O)NC)cc1. The van der Waals surface area contributed by atoms with Crippen molar-refractivity contribution < 1.29 is 18.3 Å². The summed E-state index contributed by atoms with van der Waals surface area (Å²) in [7, 11) is -2.18. The van der Waals surface area contributed by atoms with Gasteiger partial charge in [0.05, 0.1) is 4.90 Å². The highest BCUT2D eigenvalue weighted by Crippen LogP contribution is 2.19. The molecule has 0 saturated carbocycles. The van der Waals surface area contributed by atoms with Crippen molar-refractivity contribution in [2.75, 3.05) is 13.7 Å². The van der Waals surface area contributed by atoms with Gasteiger partial charge in [0.1, 0.15) is 0 Å². The first-order chi connectivity index (χ1) is 9.78. The molecule has 0 aliphatic rings. The summed E-state index contributed by atoms with van der Waals surface area (Å²) >= 11 is 0. The van der Waals surface area contributed by atoms with E-state index in [-0.39, 0.29) is 17.4 Å². The standard InChI is InChI=1S/C14H22N2O4S/c1-4-14(2,9-10-17)16-21(19,20)12-7-5-11(6-8-12)13(18)15-3/h5-8,16-17H,4,9-10H2,1-3H3,(H,15,18). The number of hydrogen-bond acceptors (Lipinski definition) is 4. The second-order valence-corrected chi connectivity index (χ2v) is 6.78. The fourth-order valence-corrected chi connectivity index (χ4v) is 3.37. The number of carbonyl (C=O) groups excluding carboxylic acids is 1. The molecule has 1 aromatic rings. The monoisotopic (exact) mass is 314 g/mol. The Morgan fingerprint density at radius 2 is 1.86 bits per heavy atom. The highest BCUT2D eigenvalue weighted by Gasteiger charge is 2.28. The molecule has 1 rings (SSSR count). The van der Waals surface area contributed by atoms with Crippen LogP contribution in [0.4, 0.5) is 0 Å². The largest absolute Gasteiger partial charge is 0.396 e. The molecule has 118 valence electrons. The van der Waals surface area contributed by atoms with Crippen molar-refractivity contribution in [1.82, 2.24) is 10.0 Å². The lowest BCUT2D eigenvalue weighted by atomic mass is 9.97. The van der Waals surface area contributed by atoms with Crippen molar-refractivity contribution in [2.45, 2.75) is 37.1 Å². The summed E-state index contributed by atoms with van der Waals surface area (Å²) in [5.41, 5.74) is -0.308. The van der Waals surface area contributed by atoms with Gasteiger partial charge in [-0.2, -0.15) is 0 Å². The van der Waals surface area contributed by atoms with Crippen LogP contribution in [0.15, 0.2) is 29.2 Å². The van der Waals surface area contributed by atoms with Crippen LogP contribution >= 0.6 is 0 Å². The Bertz CT molecular complexity index is 583. The maximum absolute atomic E-state index is 12.3. The van der Waals surface area contributed by atoms with Gasteiger partial charge in [-0.3, -0.25) is 4.79 Å². The molecule has 1 unspecified atom stereocenters. The number of nitrogens with one attached hydrogen (secondary N) is 2. The van der Waals surface area contributed by atoms with Crippen LogP contribution in [0.2, 0.25) is 0 Å². The van der Waals surface area contributed by atoms with E-state index < -0.39 is 15.6 Å². The smallest absolute Gasteiger partial charge is 0.251 e. The van der Waals surface area contributed by atoms with Gasteiger partial charge in [-0.05, 0) is 44.0 Å². The molecule has 3 N–H and O–H groups in total. The van der Waals surface area contributed by atoms with E-state index in [2.05, 4.69) is 10.0 Å². The zero-order valence-corrected chi connectivity index (χ0v) is 13.3. The highest BCUT2D eigenvalue weighted by atomic mass is 32.2. The van der Waals surface area contributed by atoms with Gasteiger partial charge in [0.2, 0.25) is 10.0 Å². The van der Waals surface area contributed by atoms with E-state index in [1.54, 1.807) is 6.92 Å². The lowest BCUT2D eigenvalue weighted by Gasteiger charge is -2.28. The van der Waals surface area contributed by atoms with E-state index in [0.29, 0.717) is 18.4 Å². The van der Waals surface area contributed by atoms with Crippen molar-refractivity contribution in [2.24, 2.45) is 0 Å². The molecule has 0 saturated heterocycles. The topological polar surface area (TPSA) is 95.5 Å². The number of aliphatic hydroxyl groups excluding tert-OH is 1. The van der Waals surface area contributed by atoms with E-state index in [4.69, 9.17) is 5.11 Å². The zero-order valence-electron chi connectivity index (χ0n) is 12.5. The fraction of sp³-hybridized carbons (Fsp3) is 0.500. The van der Waals surface area contributed by atoms with Crippen molar-refractivity contribution in [3.63, 3.8) is 0 Å².